The minimum atomic E-state index is -0.413. The van der Waals surface area contributed by atoms with Gasteiger partial charge in [-0.05, 0) is 61.2 Å². The van der Waals surface area contributed by atoms with Gasteiger partial charge in [-0.3, -0.25) is 9.59 Å². The Bertz CT molecular complexity index is 1280. The van der Waals surface area contributed by atoms with E-state index in [1.807, 2.05) is 73.8 Å². The Balaban J connectivity index is 1.42. The van der Waals surface area contributed by atoms with Crippen LogP contribution in [0.5, 0.6) is 0 Å². The van der Waals surface area contributed by atoms with Crippen molar-refractivity contribution in [2.75, 3.05) is 46.4 Å². The molecule has 0 radical (unpaired) electrons. The first-order valence-electron chi connectivity index (χ1n) is 14.1. The lowest BCUT2D eigenvalue weighted by atomic mass is 9.83. The highest BCUT2D eigenvalue weighted by Crippen LogP contribution is 2.37. The molecular weight excluding hydrogens is 559 g/mol. The number of piperidine rings is 1. The zero-order valence-corrected chi connectivity index (χ0v) is 25.2. The molecule has 6 nitrogen and oxygen atoms in total. The number of carbonyl (C=O) groups is 2. The fourth-order valence-corrected chi connectivity index (χ4v) is 5.81. The zero-order chi connectivity index (χ0) is 29.2. The highest BCUT2D eigenvalue weighted by atomic mass is 35.5. The molecule has 0 bridgehead atoms. The molecule has 3 aromatic rings. The normalized spacial score (nSPS) is 15.7. The predicted octanol–water partition coefficient (Wildman–Crippen LogP) is 6.81. The summed E-state index contributed by atoms with van der Waals surface area (Å²) in [7, 11) is 1.85. The summed E-state index contributed by atoms with van der Waals surface area (Å²) in [6.07, 6.45) is 2.53. The first kappa shape index (κ1) is 31.0. The molecule has 8 heteroatoms. The summed E-state index contributed by atoms with van der Waals surface area (Å²) in [6.45, 7) is 5.18. The Morgan fingerprint density at radius 3 is 2.22 bits per heavy atom. The second-order valence-electron chi connectivity index (χ2n) is 10.6. The third-order valence-corrected chi connectivity index (χ3v) is 8.54. The van der Waals surface area contributed by atoms with Crippen molar-refractivity contribution in [2.45, 2.75) is 37.7 Å². The third-order valence-electron chi connectivity index (χ3n) is 7.80. The maximum Gasteiger partial charge on any atom is 0.302 e. The fraction of sp³-hybridized carbons (Fsp3) is 0.394. The third kappa shape index (κ3) is 8.55. The topological polar surface area (TPSA) is 59.1 Å². The van der Waals surface area contributed by atoms with Gasteiger partial charge in [0.15, 0.2) is 0 Å². The maximum atomic E-state index is 13.1. The van der Waals surface area contributed by atoms with Crippen LogP contribution >= 0.6 is 23.2 Å². The molecule has 1 fully saturated rings. The van der Waals surface area contributed by atoms with Crippen LogP contribution in [0.3, 0.4) is 0 Å². The van der Waals surface area contributed by atoms with Crippen LogP contribution in [0.25, 0.3) is 0 Å². The minimum absolute atomic E-state index is 0.00724. The van der Waals surface area contributed by atoms with Gasteiger partial charge in [0, 0.05) is 45.1 Å². The second-order valence-corrected chi connectivity index (χ2v) is 11.4. The van der Waals surface area contributed by atoms with Crippen LogP contribution in [0.15, 0.2) is 78.9 Å². The Kier molecular flexibility index (Phi) is 11.2. The molecule has 1 amide bonds. The number of nitrogens with zero attached hydrogens (tertiary/aromatic N) is 2. The summed E-state index contributed by atoms with van der Waals surface area (Å²) < 4.78 is 11.5. The van der Waals surface area contributed by atoms with Crippen molar-refractivity contribution in [3.8, 4) is 0 Å². The molecule has 0 saturated carbocycles. The smallest absolute Gasteiger partial charge is 0.302 e. The van der Waals surface area contributed by atoms with Crippen LogP contribution in [0.2, 0.25) is 10.0 Å². The van der Waals surface area contributed by atoms with Crippen LogP contribution in [0.1, 0.15) is 53.6 Å². The number of benzene rings is 3. The molecule has 0 aromatic heterocycles. The zero-order valence-electron chi connectivity index (χ0n) is 23.7. The SMILES string of the molecule is CC(=O)OCCOC1(c2ccccc2)CCN(CCC(CN(C)C(=O)c2ccccc2)c2ccc(Cl)c(Cl)c2)CC1. The molecule has 1 aliphatic heterocycles. The first-order valence-corrected chi connectivity index (χ1v) is 14.8. The van der Waals surface area contributed by atoms with Gasteiger partial charge in [-0.2, -0.15) is 0 Å². The summed E-state index contributed by atoms with van der Waals surface area (Å²) in [5.41, 5.74) is 2.47. The molecule has 1 saturated heterocycles. The van der Waals surface area contributed by atoms with Gasteiger partial charge >= 0.3 is 5.97 Å². The summed E-state index contributed by atoms with van der Waals surface area (Å²) in [5, 5.41) is 1.03. The van der Waals surface area contributed by atoms with E-state index in [1.54, 1.807) is 4.90 Å². The largest absolute Gasteiger partial charge is 0.463 e. The van der Waals surface area contributed by atoms with E-state index in [-0.39, 0.29) is 24.4 Å². The number of carbonyl (C=O) groups excluding carboxylic acids is 2. The molecule has 1 heterocycles. The molecule has 1 unspecified atom stereocenters. The Labute approximate surface area is 253 Å². The molecule has 41 heavy (non-hydrogen) atoms. The van der Waals surface area contributed by atoms with E-state index in [4.69, 9.17) is 32.7 Å². The monoisotopic (exact) mass is 596 g/mol. The van der Waals surface area contributed by atoms with E-state index in [0.29, 0.717) is 28.8 Å². The molecule has 1 aliphatic rings. The van der Waals surface area contributed by atoms with Gasteiger partial charge in [-0.15, -0.1) is 0 Å². The molecule has 0 aliphatic carbocycles. The first-order chi connectivity index (χ1) is 19.8. The summed E-state index contributed by atoms with van der Waals surface area (Å²) in [4.78, 5) is 28.6. The van der Waals surface area contributed by atoms with E-state index in [0.717, 1.165) is 50.0 Å². The van der Waals surface area contributed by atoms with Crippen LogP contribution in [0, 0.1) is 0 Å². The number of rotatable bonds is 12. The molecule has 0 N–H and O–H groups in total. The number of ether oxygens (including phenoxy) is 2. The highest BCUT2D eigenvalue weighted by molar-refractivity contribution is 6.42. The van der Waals surface area contributed by atoms with Gasteiger partial charge in [0.05, 0.1) is 22.3 Å². The molecule has 218 valence electrons. The van der Waals surface area contributed by atoms with Crippen LogP contribution in [-0.2, 0) is 19.9 Å². The van der Waals surface area contributed by atoms with Crippen molar-refractivity contribution in [3.63, 3.8) is 0 Å². The van der Waals surface area contributed by atoms with Crippen molar-refractivity contribution in [1.82, 2.24) is 9.80 Å². The molecule has 1 atom stereocenters. The van der Waals surface area contributed by atoms with Crippen molar-refractivity contribution < 1.29 is 19.1 Å². The standard InChI is InChI=1S/C33H38Cl2N2O4/c1-25(38)40-21-22-41-33(29-11-7-4-8-12-29)16-19-37(20-17-33)18-15-28(27-13-14-30(34)31(35)23-27)24-36(2)32(39)26-9-5-3-6-10-26/h3-14,23,28H,15-22,24H2,1-2H3. The number of hydrogen-bond acceptors (Lipinski definition) is 5. The van der Waals surface area contributed by atoms with E-state index < -0.39 is 5.60 Å². The van der Waals surface area contributed by atoms with Gasteiger partial charge in [0.2, 0.25) is 0 Å². The van der Waals surface area contributed by atoms with Gasteiger partial charge < -0.3 is 19.3 Å². The van der Waals surface area contributed by atoms with Crippen LogP contribution in [0.4, 0.5) is 0 Å². The van der Waals surface area contributed by atoms with Crippen molar-refractivity contribution in [1.29, 1.82) is 0 Å². The summed E-state index contributed by atoms with van der Waals surface area (Å²) in [6, 6.07) is 25.4. The maximum absolute atomic E-state index is 13.1. The molecular formula is C33H38Cl2N2O4. The van der Waals surface area contributed by atoms with Crippen LogP contribution in [-0.4, -0.2) is 68.1 Å². The number of halogens is 2. The highest BCUT2D eigenvalue weighted by Gasteiger charge is 2.37. The fourth-order valence-electron chi connectivity index (χ4n) is 5.50. The van der Waals surface area contributed by atoms with Crippen molar-refractivity contribution >= 4 is 35.1 Å². The van der Waals surface area contributed by atoms with E-state index in [1.165, 1.54) is 6.92 Å². The number of likely N-dealkylation sites (tertiary alicyclic amines) is 1. The number of hydrogen-bond donors (Lipinski definition) is 0. The van der Waals surface area contributed by atoms with Gasteiger partial charge in [-0.25, -0.2) is 0 Å². The Morgan fingerprint density at radius 1 is 0.927 bits per heavy atom. The number of amides is 1. The summed E-state index contributed by atoms with van der Waals surface area (Å²) >= 11 is 12.6. The van der Waals surface area contributed by atoms with E-state index in [2.05, 4.69) is 17.0 Å². The predicted molar refractivity (Wildman–Crippen MR) is 164 cm³/mol. The van der Waals surface area contributed by atoms with Gasteiger partial charge in [0.1, 0.15) is 6.61 Å². The molecule has 0 spiro atoms. The van der Waals surface area contributed by atoms with Crippen LogP contribution < -0.4 is 0 Å². The second kappa shape index (κ2) is 14.8. The average Bonchev–Trinajstić information content (AvgIpc) is 3.00. The lowest BCUT2D eigenvalue weighted by molar-refractivity contribution is -0.147. The number of likely N-dealkylation sites (N-methyl/N-ethyl adjacent to an activating group) is 1. The number of esters is 1. The van der Waals surface area contributed by atoms with E-state index in [9.17, 15) is 9.59 Å². The van der Waals surface area contributed by atoms with E-state index >= 15 is 0 Å². The molecule has 4 rings (SSSR count). The Hall–Kier alpha value is -2.90. The molecule has 3 aromatic carbocycles. The lowest BCUT2D eigenvalue weighted by Crippen LogP contribution is -2.45. The average molecular weight is 598 g/mol. The van der Waals surface area contributed by atoms with Crippen molar-refractivity contribution in [2.24, 2.45) is 0 Å². The van der Waals surface area contributed by atoms with Crippen molar-refractivity contribution in [3.05, 3.63) is 106 Å². The quantitative estimate of drug-likeness (QED) is 0.170. The summed E-state index contributed by atoms with van der Waals surface area (Å²) in [5.74, 6) is -0.222. The lowest BCUT2D eigenvalue weighted by Gasteiger charge is -2.42. The Morgan fingerprint density at radius 2 is 1.59 bits per heavy atom. The van der Waals surface area contributed by atoms with Gasteiger partial charge in [0.25, 0.3) is 5.91 Å². The van der Waals surface area contributed by atoms with Gasteiger partial charge in [-0.1, -0.05) is 77.8 Å². The minimum Gasteiger partial charge on any atom is -0.463 e.